The average Bonchev–Trinajstić information content (AvgIpc) is 3.26. The lowest BCUT2D eigenvalue weighted by Gasteiger charge is -2.12. The van der Waals surface area contributed by atoms with Crippen LogP contribution in [0.15, 0.2) is 41.8 Å². The Morgan fingerprint density at radius 1 is 0.931 bits per heavy atom. The predicted octanol–water partition coefficient (Wildman–Crippen LogP) is 4.91. The van der Waals surface area contributed by atoms with Gasteiger partial charge in [-0.2, -0.15) is 5.26 Å². The van der Waals surface area contributed by atoms with Gasteiger partial charge in [0.25, 0.3) is 0 Å². The Morgan fingerprint density at radius 2 is 1.59 bits per heavy atom. The highest BCUT2D eigenvalue weighted by Gasteiger charge is 2.14. The average molecular weight is 408 g/mol. The van der Waals surface area contributed by atoms with E-state index in [1.165, 1.54) is 11.3 Å². The lowest BCUT2D eigenvalue weighted by Crippen LogP contribution is -1.95. The molecule has 0 atom stereocenters. The van der Waals surface area contributed by atoms with Crippen molar-refractivity contribution < 1.29 is 18.9 Å². The highest BCUT2D eigenvalue weighted by molar-refractivity contribution is 7.11. The predicted molar refractivity (Wildman–Crippen MR) is 114 cm³/mol. The molecule has 0 aliphatic rings. The fourth-order valence-electron chi connectivity index (χ4n) is 2.75. The molecule has 6 nitrogen and oxygen atoms in total. The van der Waals surface area contributed by atoms with Crippen molar-refractivity contribution in [3.63, 3.8) is 0 Å². The molecule has 3 rings (SSSR count). The monoisotopic (exact) mass is 408 g/mol. The van der Waals surface area contributed by atoms with Gasteiger partial charge in [0.05, 0.1) is 39.7 Å². The summed E-state index contributed by atoms with van der Waals surface area (Å²) in [5.41, 5.74) is 2.88. The molecular weight excluding hydrogens is 388 g/mol. The molecule has 0 N–H and O–H groups in total. The van der Waals surface area contributed by atoms with Crippen molar-refractivity contribution in [1.29, 1.82) is 5.26 Å². The van der Waals surface area contributed by atoms with E-state index in [0.29, 0.717) is 33.4 Å². The van der Waals surface area contributed by atoms with E-state index < -0.39 is 0 Å². The number of hydrogen-bond donors (Lipinski definition) is 0. The van der Waals surface area contributed by atoms with Crippen molar-refractivity contribution in [3.05, 3.63) is 52.3 Å². The second kappa shape index (κ2) is 9.13. The summed E-state index contributed by atoms with van der Waals surface area (Å²) < 4.78 is 21.3. The van der Waals surface area contributed by atoms with E-state index in [0.717, 1.165) is 17.0 Å². The van der Waals surface area contributed by atoms with Gasteiger partial charge in [0.1, 0.15) is 22.6 Å². The zero-order valence-electron chi connectivity index (χ0n) is 16.6. The quantitative estimate of drug-likeness (QED) is 0.517. The molecule has 0 aliphatic carbocycles. The van der Waals surface area contributed by atoms with Crippen LogP contribution in [0.5, 0.6) is 23.0 Å². The minimum Gasteiger partial charge on any atom is -0.497 e. The van der Waals surface area contributed by atoms with Crippen LogP contribution in [0.1, 0.15) is 10.6 Å². The maximum atomic E-state index is 9.71. The van der Waals surface area contributed by atoms with Crippen LogP contribution in [0, 0.1) is 11.3 Å². The Morgan fingerprint density at radius 3 is 2.17 bits per heavy atom. The third kappa shape index (κ3) is 4.33. The summed E-state index contributed by atoms with van der Waals surface area (Å²) in [5.74, 6) is 2.45. The fourth-order valence-corrected chi connectivity index (χ4v) is 3.55. The number of methoxy groups -OCH3 is 4. The van der Waals surface area contributed by atoms with E-state index >= 15 is 0 Å². The van der Waals surface area contributed by atoms with Crippen LogP contribution >= 0.6 is 11.3 Å². The lowest BCUT2D eigenvalue weighted by atomic mass is 10.1. The third-order valence-electron chi connectivity index (χ3n) is 4.28. The summed E-state index contributed by atoms with van der Waals surface area (Å²) in [7, 11) is 6.31. The number of benzene rings is 2. The minimum atomic E-state index is 0.431. The lowest BCUT2D eigenvalue weighted by molar-refractivity contribution is 0.348. The minimum absolute atomic E-state index is 0.431. The van der Waals surface area contributed by atoms with Crippen LogP contribution in [-0.2, 0) is 0 Å². The SMILES string of the molecule is COc1ccc(-c2csc(/C(C#N)=C\c3cc(OC)c(OC)cc3OC)n2)cc1. The summed E-state index contributed by atoms with van der Waals surface area (Å²) in [6.07, 6.45) is 1.73. The number of nitriles is 1. The van der Waals surface area contributed by atoms with Crippen molar-refractivity contribution in [2.24, 2.45) is 0 Å². The molecule has 0 radical (unpaired) electrons. The smallest absolute Gasteiger partial charge is 0.164 e. The number of nitrogens with zero attached hydrogens (tertiary/aromatic N) is 2. The molecule has 1 aromatic heterocycles. The van der Waals surface area contributed by atoms with Crippen LogP contribution in [-0.4, -0.2) is 33.4 Å². The van der Waals surface area contributed by atoms with Crippen LogP contribution < -0.4 is 18.9 Å². The van der Waals surface area contributed by atoms with Gasteiger partial charge in [0, 0.05) is 22.6 Å². The third-order valence-corrected chi connectivity index (χ3v) is 5.15. The first kappa shape index (κ1) is 20.2. The van der Waals surface area contributed by atoms with Crippen LogP contribution in [0.2, 0.25) is 0 Å². The zero-order chi connectivity index (χ0) is 20.8. The van der Waals surface area contributed by atoms with Gasteiger partial charge in [-0.1, -0.05) is 0 Å². The second-order valence-corrected chi connectivity index (χ2v) is 6.74. The number of allylic oxidation sites excluding steroid dienone is 1. The number of hydrogen-bond acceptors (Lipinski definition) is 7. The molecule has 7 heteroatoms. The number of thiazole rings is 1. The van der Waals surface area contributed by atoms with E-state index in [1.54, 1.807) is 46.6 Å². The molecule has 148 valence electrons. The van der Waals surface area contributed by atoms with Crippen molar-refractivity contribution >= 4 is 23.0 Å². The Balaban J connectivity index is 1.99. The molecular formula is C22H20N2O4S. The van der Waals surface area contributed by atoms with E-state index in [2.05, 4.69) is 11.1 Å². The number of rotatable bonds is 7. The Labute approximate surface area is 173 Å². The van der Waals surface area contributed by atoms with E-state index in [-0.39, 0.29) is 0 Å². The Hall–Kier alpha value is -3.50. The first-order chi connectivity index (χ1) is 14.1. The molecule has 3 aromatic rings. The molecule has 0 bridgehead atoms. The Kier molecular flexibility index (Phi) is 6.37. The van der Waals surface area contributed by atoms with Crippen molar-refractivity contribution in [3.8, 4) is 40.3 Å². The number of aromatic nitrogens is 1. The molecule has 2 aromatic carbocycles. The van der Waals surface area contributed by atoms with Gasteiger partial charge < -0.3 is 18.9 Å². The summed E-state index contributed by atoms with van der Waals surface area (Å²) in [6, 6.07) is 13.4. The number of ether oxygens (including phenoxy) is 4. The Bertz CT molecular complexity index is 1070. The maximum Gasteiger partial charge on any atom is 0.164 e. The first-order valence-corrected chi connectivity index (χ1v) is 9.53. The van der Waals surface area contributed by atoms with Crippen LogP contribution in [0.25, 0.3) is 22.9 Å². The molecule has 0 unspecified atom stereocenters. The van der Waals surface area contributed by atoms with E-state index in [1.807, 2.05) is 29.6 Å². The molecule has 0 saturated carbocycles. The van der Waals surface area contributed by atoms with E-state index in [4.69, 9.17) is 18.9 Å². The fraction of sp³-hybridized carbons (Fsp3) is 0.182. The van der Waals surface area contributed by atoms with Gasteiger partial charge in [-0.3, -0.25) is 0 Å². The van der Waals surface area contributed by atoms with Crippen molar-refractivity contribution in [1.82, 2.24) is 4.98 Å². The van der Waals surface area contributed by atoms with Gasteiger partial charge in [0.2, 0.25) is 0 Å². The molecule has 0 spiro atoms. The molecule has 0 fully saturated rings. The molecule has 0 amide bonds. The molecule has 0 aliphatic heterocycles. The van der Waals surface area contributed by atoms with Gasteiger partial charge in [0.15, 0.2) is 11.5 Å². The van der Waals surface area contributed by atoms with Gasteiger partial charge >= 0.3 is 0 Å². The first-order valence-electron chi connectivity index (χ1n) is 8.65. The van der Waals surface area contributed by atoms with Crippen LogP contribution in [0.3, 0.4) is 0 Å². The normalized spacial score (nSPS) is 10.9. The summed E-state index contributed by atoms with van der Waals surface area (Å²) in [5, 5.41) is 12.3. The van der Waals surface area contributed by atoms with E-state index in [9.17, 15) is 5.26 Å². The zero-order valence-corrected chi connectivity index (χ0v) is 17.4. The van der Waals surface area contributed by atoms with Gasteiger partial charge in [-0.15, -0.1) is 11.3 Å². The second-order valence-electron chi connectivity index (χ2n) is 5.89. The highest BCUT2D eigenvalue weighted by Crippen LogP contribution is 2.37. The van der Waals surface area contributed by atoms with Gasteiger partial charge in [-0.25, -0.2) is 4.98 Å². The van der Waals surface area contributed by atoms with Gasteiger partial charge in [-0.05, 0) is 36.4 Å². The van der Waals surface area contributed by atoms with Crippen LogP contribution in [0.4, 0.5) is 0 Å². The largest absolute Gasteiger partial charge is 0.497 e. The molecule has 29 heavy (non-hydrogen) atoms. The van der Waals surface area contributed by atoms with Crippen molar-refractivity contribution in [2.45, 2.75) is 0 Å². The standard InChI is InChI=1S/C22H20N2O4S/c1-25-17-7-5-14(6-8-17)18-13-29-22(24-18)16(12-23)9-15-10-20(27-3)21(28-4)11-19(15)26-2/h5-11,13H,1-4H3/b16-9-. The topological polar surface area (TPSA) is 73.6 Å². The summed E-state index contributed by atoms with van der Waals surface area (Å²) in [4.78, 5) is 4.63. The molecule has 0 saturated heterocycles. The highest BCUT2D eigenvalue weighted by atomic mass is 32.1. The summed E-state index contributed by atoms with van der Waals surface area (Å²) in [6.45, 7) is 0. The maximum absolute atomic E-state index is 9.71. The summed E-state index contributed by atoms with van der Waals surface area (Å²) >= 11 is 1.41. The van der Waals surface area contributed by atoms with Crippen molar-refractivity contribution in [2.75, 3.05) is 28.4 Å². The molecule has 1 heterocycles.